The Labute approximate surface area is 128 Å². The maximum Gasteiger partial charge on any atom is 0.142 e. The molecule has 5 rings (SSSR count). The van der Waals surface area contributed by atoms with E-state index >= 15 is 0 Å². The molecule has 2 nitrogen and oxygen atoms in total. The van der Waals surface area contributed by atoms with Gasteiger partial charge in [-0.05, 0) is 87.3 Å². The molecule has 1 N–H and O–H groups in total. The average molecular weight is 285 g/mol. The third-order valence-corrected chi connectivity index (χ3v) is 5.99. The van der Waals surface area contributed by atoms with Gasteiger partial charge in [-0.25, -0.2) is 0 Å². The van der Waals surface area contributed by atoms with Crippen molar-refractivity contribution >= 4 is 5.69 Å². The predicted octanol–water partition coefficient (Wildman–Crippen LogP) is 4.63. The molecule has 0 aromatic heterocycles. The van der Waals surface area contributed by atoms with Gasteiger partial charge in [0.05, 0.1) is 12.3 Å². The number of benzene rings is 1. The van der Waals surface area contributed by atoms with E-state index in [2.05, 4.69) is 37.4 Å². The normalized spacial score (nSPS) is 36.8. The molecule has 21 heavy (non-hydrogen) atoms. The maximum absolute atomic E-state index is 5.85. The van der Waals surface area contributed by atoms with Crippen LogP contribution in [0, 0.1) is 30.6 Å². The van der Waals surface area contributed by atoms with Crippen LogP contribution in [-0.2, 0) is 0 Å². The second-order valence-corrected chi connectivity index (χ2v) is 7.53. The lowest BCUT2D eigenvalue weighted by molar-refractivity contribution is 0.00747. The molecule has 4 fully saturated rings. The van der Waals surface area contributed by atoms with Gasteiger partial charge in [0.1, 0.15) is 5.75 Å². The Hall–Kier alpha value is -1.18. The van der Waals surface area contributed by atoms with E-state index in [1.807, 2.05) is 0 Å². The van der Waals surface area contributed by atoms with Crippen molar-refractivity contribution in [2.75, 3.05) is 11.9 Å². The molecule has 4 aliphatic rings. The summed E-state index contributed by atoms with van der Waals surface area (Å²) in [5.41, 5.74) is 2.48. The van der Waals surface area contributed by atoms with Gasteiger partial charge in [-0.3, -0.25) is 0 Å². The van der Waals surface area contributed by atoms with Crippen LogP contribution in [0.15, 0.2) is 18.2 Å². The second-order valence-electron chi connectivity index (χ2n) is 7.53. The van der Waals surface area contributed by atoms with Gasteiger partial charge >= 0.3 is 0 Å². The van der Waals surface area contributed by atoms with E-state index < -0.39 is 0 Å². The molecule has 4 saturated carbocycles. The zero-order valence-electron chi connectivity index (χ0n) is 13.3. The molecule has 4 aliphatic carbocycles. The van der Waals surface area contributed by atoms with E-state index in [9.17, 15) is 0 Å². The van der Waals surface area contributed by atoms with Crippen LogP contribution in [0.2, 0.25) is 0 Å². The van der Waals surface area contributed by atoms with Crippen LogP contribution in [0.25, 0.3) is 0 Å². The number of hydrogen-bond donors (Lipinski definition) is 1. The van der Waals surface area contributed by atoms with Gasteiger partial charge in [-0.2, -0.15) is 0 Å². The molecule has 4 bridgehead atoms. The molecule has 0 unspecified atom stereocenters. The van der Waals surface area contributed by atoms with Crippen molar-refractivity contribution in [1.82, 2.24) is 0 Å². The molecule has 0 saturated heterocycles. The van der Waals surface area contributed by atoms with Gasteiger partial charge in [0.2, 0.25) is 0 Å². The number of aryl methyl sites for hydroxylation is 1. The summed E-state index contributed by atoms with van der Waals surface area (Å²) in [5.74, 6) is 4.91. The van der Waals surface area contributed by atoms with E-state index in [0.29, 0.717) is 6.04 Å². The van der Waals surface area contributed by atoms with Crippen molar-refractivity contribution in [3.05, 3.63) is 23.8 Å². The van der Waals surface area contributed by atoms with Crippen LogP contribution in [-0.4, -0.2) is 12.6 Å². The van der Waals surface area contributed by atoms with Crippen LogP contribution in [0.5, 0.6) is 5.75 Å². The molecular formula is C19H27NO. The molecule has 1 aromatic carbocycles. The highest BCUT2D eigenvalue weighted by molar-refractivity contribution is 5.58. The first-order valence-electron chi connectivity index (χ1n) is 8.73. The van der Waals surface area contributed by atoms with Crippen molar-refractivity contribution < 1.29 is 4.74 Å². The van der Waals surface area contributed by atoms with Crippen molar-refractivity contribution in [1.29, 1.82) is 0 Å². The fourth-order valence-corrected chi connectivity index (χ4v) is 5.36. The smallest absolute Gasteiger partial charge is 0.142 e. The van der Waals surface area contributed by atoms with Gasteiger partial charge in [0.15, 0.2) is 0 Å². The summed E-state index contributed by atoms with van der Waals surface area (Å²) in [5, 5.41) is 3.88. The highest BCUT2D eigenvalue weighted by Gasteiger charge is 2.48. The lowest BCUT2D eigenvalue weighted by Crippen LogP contribution is -2.51. The van der Waals surface area contributed by atoms with Gasteiger partial charge in [0.25, 0.3) is 0 Å². The third-order valence-electron chi connectivity index (χ3n) is 5.99. The Bertz CT molecular complexity index is 496. The fourth-order valence-electron chi connectivity index (χ4n) is 5.36. The SMILES string of the molecule is CCOc1cc(C)ccc1NC1C2CC3CC(C2)CC1C3. The zero-order valence-corrected chi connectivity index (χ0v) is 13.3. The molecular weight excluding hydrogens is 258 g/mol. The van der Waals surface area contributed by atoms with E-state index in [4.69, 9.17) is 4.74 Å². The number of ether oxygens (including phenoxy) is 1. The number of nitrogens with one attached hydrogen (secondary N) is 1. The highest BCUT2D eigenvalue weighted by Crippen LogP contribution is 2.54. The third kappa shape index (κ3) is 2.43. The molecule has 0 radical (unpaired) electrons. The number of rotatable bonds is 4. The van der Waals surface area contributed by atoms with Crippen molar-refractivity contribution in [2.45, 2.75) is 52.0 Å². The van der Waals surface area contributed by atoms with Gasteiger partial charge in [-0.15, -0.1) is 0 Å². The Kier molecular flexibility index (Phi) is 3.35. The number of anilines is 1. The first-order chi connectivity index (χ1) is 10.2. The number of hydrogen-bond acceptors (Lipinski definition) is 2. The lowest BCUT2D eigenvalue weighted by atomic mass is 9.54. The first-order valence-corrected chi connectivity index (χ1v) is 8.73. The average Bonchev–Trinajstić information content (AvgIpc) is 2.44. The van der Waals surface area contributed by atoms with Crippen LogP contribution in [0.4, 0.5) is 5.69 Å². The van der Waals surface area contributed by atoms with E-state index in [1.165, 1.54) is 43.4 Å². The Morgan fingerprint density at radius 1 is 1.05 bits per heavy atom. The summed E-state index contributed by atoms with van der Waals surface area (Å²) in [6.45, 7) is 4.93. The summed E-state index contributed by atoms with van der Waals surface area (Å²) in [6.07, 6.45) is 7.36. The molecule has 114 valence electrons. The summed E-state index contributed by atoms with van der Waals surface area (Å²) >= 11 is 0. The largest absolute Gasteiger partial charge is 0.492 e. The molecule has 0 amide bonds. The molecule has 1 aromatic rings. The Balaban J connectivity index is 1.56. The highest BCUT2D eigenvalue weighted by atomic mass is 16.5. The minimum atomic E-state index is 0.680. The second kappa shape index (κ2) is 5.23. The maximum atomic E-state index is 5.85. The van der Waals surface area contributed by atoms with E-state index in [-0.39, 0.29) is 0 Å². The van der Waals surface area contributed by atoms with Crippen LogP contribution in [0.3, 0.4) is 0 Å². The first kappa shape index (κ1) is 13.5. The summed E-state index contributed by atoms with van der Waals surface area (Å²) in [4.78, 5) is 0. The predicted molar refractivity (Wildman–Crippen MR) is 86.8 cm³/mol. The monoisotopic (exact) mass is 285 g/mol. The Morgan fingerprint density at radius 3 is 2.33 bits per heavy atom. The minimum absolute atomic E-state index is 0.680. The van der Waals surface area contributed by atoms with Crippen molar-refractivity contribution in [3.8, 4) is 5.75 Å². The van der Waals surface area contributed by atoms with Crippen LogP contribution >= 0.6 is 0 Å². The molecule has 0 aliphatic heterocycles. The molecule has 2 heteroatoms. The quantitative estimate of drug-likeness (QED) is 0.871. The fraction of sp³-hybridized carbons (Fsp3) is 0.684. The van der Waals surface area contributed by atoms with Gasteiger partial charge in [0, 0.05) is 6.04 Å². The van der Waals surface area contributed by atoms with E-state index in [1.54, 1.807) is 0 Å². The zero-order chi connectivity index (χ0) is 14.4. The summed E-state index contributed by atoms with van der Waals surface area (Å²) < 4.78 is 5.85. The van der Waals surface area contributed by atoms with Crippen molar-refractivity contribution in [3.63, 3.8) is 0 Å². The lowest BCUT2D eigenvalue weighted by Gasteiger charge is -2.54. The van der Waals surface area contributed by atoms with E-state index in [0.717, 1.165) is 36.0 Å². The molecule has 0 heterocycles. The summed E-state index contributed by atoms with van der Waals surface area (Å²) in [6, 6.07) is 7.26. The topological polar surface area (TPSA) is 21.3 Å². The van der Waals surface area contributed by atoms with Gasteiger partial charge < -0.3 is 10.1 Å². The molecule has 0 spiro atoms. The van der Waals surface area contributed by atoms with Crippen molar-refractivity contribution in [2.24, 2.45) is 23.7 Å². The summed E-state index contributed by atoms with van der Waals surface area (Å²) in [7, 11) is 0. The standard InChI is InChI=1S/C19H27NO/c1-3-21-18-6-12(2)4-5-17(18)20-19-15-8-13-7-14(10-15)11-16(19)9-13/h4-6,13-16,19-20H,3,7-11H2,1-2H3. The van der Waals surface area contributed by atoms with Gasteiger partial charge in [-0.1, -0.05) is 6.07 Å². The molecule has 0 atom stereocenters. The Morgan fingerprint density at radius 2 is 1.71 bits per heavy atom. The van der Waals surface area contributed by atoms with Crippen LogP contribution in [0.1, 0.15) is 44.6 Å². The minimum Gasteiger partial charge on any atom is -0.492 e. The van der Waals surface area contributed by atoms with Crippen LogP contribution < -0.4 is 10.1 Å².